The van der Waals surface area contributed by atoms with Crippen LogP contribution in [0.25, 0.3) is 10.9 Å². The van der Waals surface area contributed by atoms with Crippen molar-refractivity contribution < 1.29 is 13.9 Å². The standard InChI is InChI=1S/C19H20ClFN2O2/c1-12-13(2)23(8-9-24-3)18-16(12)10-17(20)22-19(18)25-11-14-4-6-15(21)7-5-14/h4-7,10H,8-9,11H2,1-3H3. The van der Waals surface area contributed by atoms with Crippen molar-refractivity contribution in [1.82, 2.24) is 9.55 Å². The molecule has 2 aromatic heterocycles. The summed E-state index contributed by atoms with van der Waals surface area (Å²) in [6, 6.07) is 8.06. The number of fused-ring (bicyclic) bond motifs is 1. The molecule has 0 N–H and O–H groups in total. The Labute approximate surface area is 151 Å². The molecule has 2 heterocycles. The topological polar surface area (TPSA) is 36.3 Å². The molecule has 0 aliphatic rings. The number of pyridine rings is 1. The lowest BCUT2D eigenvalue weighted by Crippen LogP contribution is -2.07. The van der Waals surface area contributed by atoms with E-state index in [1.54, 1.807) is 19.2 Å². The van der Waals surface area contributed by atoms with E-state index in [2.05, 4.69) is 23.4 Å². The maximum Gasteiger partial charge on any atom is 0.240 e. The third kappa shape index (κ3) is 3.62. The van der Waals surface area contributed by atoms with Crippen molar-refractivity contribution >= 4 is 22.5 Å². The van der Waals surface area contributed by atoms with Gasteiger partial charge in [-0.15, -0.1) is 0 Å². The first-order chi connectivity index (χ1) is 12.0. The summed E-state index contributed by atoms with van der Waals surface area (Å²) in [5.74, 6) is 0.200. The minimum Gasteiger partial charge on any atom is -0.471 e. The summed E-state index contributed by atoms with van der Waals surface area (Å²) in [6.45, 7) is 5.69. The van der Waals surface area contributed by atoms with E-state index in [0.29, 0.717) is 24.2 Å². The van der Waals surface area contributed by atoms with Gasteiger partial charge in [-0.1, -0.05) is 23.7 Å². The highest BCUT2D eigenvalue weighted by atomic mass is 35.5. The predicted octanol–water partition coefficient (Wildman–Crippen LogP) is 4.67. The molecule has 0 unspecified atom stereocenters. The molecule has 0 spiro atoms. The van der Waals surface area contributed by atoms with Gasteiger partial charge in [0.1, 0.15) is 23.1 Å². The fourth-order valence-corrected chi connectivity index (χ4v) is 3.08. The maximum atomic E-state index is 13.0. The van der Waals surface area contributed by atoms with Gasteiger partial charge in [-0.2, -0.15) is 4.98 Å². The number of methoxy groups -OCH3 is 1. The molecular weight excluding hydrogens is 343 g/mol. The number of aryl methyl sites for hydroxylation is 1. The third-order valence-electron chi connectivity index (χ3n) is 4.36. The van der Waals surface area contributed by atoms with Crippen LogP contribution < -0.4 is 4.74 Å². The minimum absolute atomic E-state index is 0.272. The normalized spacial score (nSPS) is 11.2. The molecule has 132 valence electrons. The van der Waals surface area contributed by atoms with Crippen molar-refractivity contribution in [3.8, 4) is 5.88 Å². The highest BCUT2D eigenvalue weighted by Crippen LogP contribution is 2.33. The zero-order valence-electron chi connectivity index (χ0n) is 14.5. The summed E-state index contributed by atoms with van der Waals surface area (Å²) in [7, 11) is 1.68. The molecule has 25 heavy (non-hydrogen) atoms. The molecule has 0 bridgehead atoms. The molecule has 0 amide bonds. The summed E-state index contributed by atoms with van der Waals surface area (Å²) in [5, 5.41) is 1.40. The van der Waals surface area contributed by atoms with Gasteiger partial charge in [0.2, 0.25) is 5.88 Å². The number of benzene rings is 1. The molecule has 0 saturated carbocycles. The Morgan fingerprint density at radius 1 is 1.20 bits per heavy atom. The second-order valence-corrected chi connectivity index (χ2v) is 6.30. The monoisotopic (exact) mass is 362 g/mol. The van der Waals surface area contributed by atoms with Gasteiger partial charge in [-0.25, -0.2) is 4.39 Å². The van der Waals surface area contributed by atoms with Crippen LogP contribution in [0.3, 0.4) is 0 Å². The highest BCUT2D eigenvalue weighted by molar-refractivity contribution is 6.30. The fraction of sp³-hybridized carbons (Fsp3) is 0.316. The molecule has 0 atom stereocenters. The minimum atomic E-state index is -0.272. The third-order valence-corrected chi connectivity index (χ3v) is 4.55. The Kier molecular flexibility index (Phi) is 5.25. The molecule has 3 aromatic rings. The van der Waals surface area contributed by atoms with Crippen molar-refractivity contribution in [2.75, 3.05) is 13.7 Å². The SMILES string of the molecule is COCCn1c(C)c(C)c2cc(Cl)nc(OCc3ccc(F)cc3)c21. The zero-order valence-corrected chi connectivity index (χ0v) is 15.2. The maximum absolute atomic E-state index is 13.0. The van der Waals surface area contributed by atoms with Crippen LogP contribution in [0.5, 0.6) is 5.88 Å². The van der Waals surface area contributed by atoms with Gasteiger partial charge in [0.15, 0.2) is 0 Å². The number of aromatic nitrogens is 2. The molecule has 6 heteroatoms. The zero-order chi connectivity index (χ0) is 18.0. The first-order valence-corrected chi connectivity index (χ1v) is 8.41. The van der Waals surface area contributed by atoms with E-state index in [9.17, 15) is 4.39 Å². The van der Waals surface area contributed by atoms with Crippen LogP contribution in [0, 0.1) is 19.7 Å². The Morgan fingerprint density at radius 2 is 1.92 bits per heavy atom. The Balaban J connectivity index is 2.00. The van der Waals surface area contributed by atoms with Gasteiger partial charge < -0.3 is 14.0 Å². The van der Waals surface area contributed by atoms with E-state index in [0.717, 1.165) is 27.7 Å². The number of hydrogen-bond acceptors (Lipinski definition) is 3. The summed E-state index contributed by atoms with van der Waals surface area (Å²) < 4.78 is 26.3. The van der Waals surface area contributed by atoms with Crippen LogP contribution in [-0.2, 0) is 17.9 Å². The van der Waals surface area contributed by atoms with Gasteiger partial charge in [-0.05, 0) is 43.2 Å². The van der Waals surface area contributed by atoms with Crippen LogP contribution in [-0.4, -0.2) is 23.3 Å². The van der Waals surface area contributed by atoms with Crippen LogP contribution in [0.1, 0.15) is 16.8 Å². The average molecular weight is 363 g/mol. The summed E-state index contributed by atoms with van der Waals surface area (Å²) in [5.41, 5.74) is 4.03. The summed E-state index contributed by atoms with van der Waals surface area (Å²) in [6.07, 6.45) is 0. The molecule has 0 radical (unpaired) electrons. The number of hydrogen-bond donors (Lipinski definition) is 0. The van der Waals surface area contributed by atoms with Crippen molar-refractivity contribution in [3.05, 3.63) is 58.1 Å². The van der Waals surface area contributed by atoms with Crippen LogP contribution in [0.2, 0.25) is 5.15 Å². The first kappa shape index (κ1) is 17.7. The molecule has 0 aliphatic carbocycles. The molecule has 0 saturated heterocycles. The van der Waals surface area contributed by atoms with Crippen molar-refractivity contribution in [2.45, 2.75) is 27.0 Å². The molecule has 0 fully saturated rings. The molecule has 4 nitrogen and oxygen atoms in total. The van der Waals surface area contributed by atoms with E-state index in [1.165, 1.54) is 12.1 Å². The van der Waals surface area contributed by atoms with E-state index in [1.807, 2.05) is 6.07 Å². The van der Waals surface area contributed by atoms with Gasteiger partial charge in [0.05, 0.1) is 6.61 Å². The molecule has 3 rings (SSSR count). The highest BCUT2D eigenvalue weighted by Gasteiger charge is 2.18. The Bertz CT molecular complexity index is 891. The molecule has 0 aliphatic heterocycles. The average Bonchev–Trinajstić information content (AvgIpc) is 2.84. The number of ether oxygens (including phenoxy) is 2. The van der Waals surface area contributed by atoms with Crippen LogP contribution >= 0.6 is 11.6 Å². The van der Waals surface area contributed by atoms with E-state index < -0.39 is 0 Å². The fourth-order valence-electron chi connectivity index (χ4n) is 2.89. The smallest absolute Gasteiger partial charge is 0.240 e. The van der Waals surface area contributed by atoms with Gasteiger partial charge in [-0.3, -0.25) is 0 Å². The summed E-state index contributed by atoms with van der Waals surface area (Å²) >= 11 is 6.19. The molecule has 1 aromatic carbocycles. The number of halogens is 2. The predicted molar refractivity (Wildman–Crippen MR) is 96.8 cm³/mol. The Morgan fingerprint density at radius 3 is 2.60 bits per heavy atom. The second-order valence-electron chi connectivity index (χ2n) is 5.92. The second kappa shape index (κ2) is 7.42. The number of rotatable bonds is 6. The molecular formula is C19H20ClFN2O2. The number of nitrogens with zero attached hydrogens (tertiary/aromatic N) is 2. The van der Waals surface area contributed by atoms with E-state index in [4.69, 9.17) is 21.1 Å². The van der Waals surface area contributed by atoms with Crippen molar-refractivity contribution in [2.24, 2.45) is 0 Å². The first-order valence-electron chi connectivity index (χ1n) is 8.03. The van der Waals surface area contributed by atoms with Crippen molar-refractivity contribution in [1.29, 1.82) is 0 Å². The lowest BCUT2D eigenvalue weighted by Gasteiger charge is -2.12. The van der Waals surface area contributed by atoms with Crippen LogP contribution in [0.4, 0.5) is 4.39 Å². The summed E-state index contributed by atoms with van der Waals surface area (Å²) in [4.78, 5) is 4.36. The van der Waals surface area contributed by atoms with Gasteiger partial charge in [0.25, 0.3) is 0 Å². The van der Waals surface area contributed by atoms with E-state index in [-0.39, 0.29) is 12.4 Å². The largest absolute Gasteiger partial charge is 0.471 e. The van der Waals surface area contributed by atoms with Gasteiger partial charge in [0, 0.05) is 24.7 Å². The lowest BCUT2D eigenvalue weighted by molar-refractivity contribution is 0.187. The van der Waals surface area contributed by atoms with Crippen LogP contribution in [0.15, 0.2) is 30.3 Å². The Hall–Kier alpha value is -2.11. The van der Waals surface area contributed by atoms with Gasteiger partial charge >= 0.3 is 0 Å². The lowest BCUT2D eigenvalue weighted by atomic mass is 10.2. The van der Waals surface area contributed by atoms with E-state index >= 15 is 0 Å². The quantitative estimate of drug-likeness (QED) is 0.598. The van der Waals surface area contributed by atoms with Crippen molar-refractivity contribution in [3.63, 3.8) is 0 Å².